The zero-order valence-electron chi connectivity index (χ0n) is 15.9. The molecule has 12 nitrogen and oxygen atoms in total. The van der Waals surface area contributed by atoms with Crippen molar-refractivity contribution < 1.29 is 34.2 Å². The second kappa shape index (κ2) is 11.6. The maximum absolute atomic E-state index is 12.6. The summed E-state index contributed by atoms with van der Waals surface area (Å²) in [6.45, 7) is 1.93. The average Bonchev–Trinajstić information content (AvgIpc) is 3.16. The predicted molar refractivity (Wildman–Crippen MR) is 104 cm³/mol. The number of carboxylic acid groups (broad SMARTS) is 1. The molecule has 1 aliphatic heterocycles. The van der Waals surface area contributed by atoms with E-state index in [0.29, 0.717) is 13.0 Å². The van der Waals surface area contributed by atoms with E-state index in [0.717, 1.165) is 6.42 Å². The van der Waals surface area contributed by atoms with Crippen molar-refractivity contribution in [3.63, 3.8) is 0 Å². The van der Waals surface area contributed by atoms with Crippen molar-refractivity contribution in [1.82, 2.24) is 21.3 Å². The van der Waals surface area contributed by atoms with Crippen LogP contribution in [0.3, 0.4) is 0 Å². The van der Waals surface area contributed by atoms with E-state index in [4.69, 9.17) is 10.8 Å². The molecule has 13 heteroatoms. The van der Waals surface area contributed by atoms with Crippen LogP contribution in [-0.2, 0) is 24.0 Å². The Morgan fingerprint density at radius 2 is 1.76 bits per heavy atom. The summed E-state index contributed by atoms with van der Waals surface area (Å²) in [5, 5.41) is 28.6. The first-order valence-corrected chi connectivity index (χ1v) is 9.64. The highest BCUT2D eigenvalue weighted by atomic mass is 32.1. The molecule has 1 rings (SSSR count). The van der Waals surface area contributed by atoms with Gasteiger partial charge in [-0.3, -0.25) is 19.2 Å². The van der Waals surface area contributed by atoms with Crippen molar-refractivity contribution in [2.45, 2.75) is 56.5 Å². The predicted octanol–water partition coefficient (Wildman–Crippen LogP) is -3.54. The van der Waals surface area contributed by atoms with Gasteiger partial charge in [0.25, 0.3) is 0 Å². The third-order valence-electron chi connectivity index (χ3n) is 4.27. The molecule has 29 heavy (non-hydrogen) atoms. The van der Waals surface area contributed by atoms with Gasteiger partial charge >= 0.3 is 5.97 Å². The van der Waals surface area contributed by atoms with Crippen molar-refractivity contribution in [2.75, 3.05) is 12.3 Å². The minimum atomic E-state index is -1.50. The van der Waals surface area contributed by atoms with Gasteiger partial charge in [-0.25, -0.2) is 4.79 Å². The standard InChI is InChI=1S/C16H27N5O7S/c1-7(22)12(21-13(24)8-3-2-4-18-8)15(26)19-9(5-11(17)23)14(25)20-10(6-29)16(27)28/h7-10,12,18,22,29H,2-6H2,1H3,(H2,17,23)(H,19,26)(H,20,25)(H,21,24)(H,27,28). The van der Waals surface area contributed by atoms with Crippen LogP contribution in [0, 0.1) is 0 Å². The molecule has 4 amide bonds. The lowest BCUT2D eigenvalue weighted by atomic mass is 10.1. The second-order valence-corrected chi connectivity index (χ2v) is 7.05. The number of hydrogen-bond donors (Lipinski definition) is 8. The maximum Gasteiger partial charge on any atom is 0.327 e. The number of primary amides is 1. The van der Waals surface area contributed by atoms with E-state index in [1.54, 1.807) is 0 Å². The van der Waals surface area contributed by atoms with Gasteiger partial charge in [-0.05, 0) is 26.3 Å². The van der Waals surface area contributed by atoms with Crippen LogP contribution in [0.25, 0.3) is 0 Å². The van der Waals surface area contributed by atoms with Crippen molar-refractivity contribution >= 4 is 42.2 Å². The van der Waals surface area contributed by atoms with E-state index in [-0.39, 0.29) is 5.75 Å². The lowest BCUT2D eigenvalue weighted by molar-refractivity contribution is -0.142. The highest BCUT2D eigenvalue weighted by Gasteiger charge is 2.33. The van der Waals surface area contributed by atoms with Crippen LogP contribution < -0.4 is 27.0 Å². The molecule has 0 aromatic heterocycles. The molecule has 1 fully saturated rings. The normalized spacial score (nSPS) is 20.0. The molecule has 1 saturated heterocycles. The molecule has 0 aliphatic carbocycles. The smallest absolute Gasteiger partial charge is 0.327 e. The van der Waals surface area contributed by atoms with Gasteiger partial charge in [0.05, 0.1) is 18.6 Å². The molecule has 0 radical (unpaired) electrons. The summed E-state index contributed by atoms with van der Waals surface area (Å²) in [6.07, 6.45) is -0.545. The van der Waals surface area contributed by atoms with Gasteiger partial charge in [0.15, 0.2) is 0 Å². The van der Waals surface area contributed by atoms with Crippen LogP contribution in [0.1, 0.15) is 26.2 Å². The Kier molecular flexibility index (Phi) is 9.85. The fourth-order valence-corrected chi connectivity index (χ4v) is 2.94. The number of amides is 4. The Hall–Kier alpha value is -2.38. The number of hydrogen-bond acceptors (Lipinski definition) is 8. The summed E-state index contributed by atoms with van der Waals surface area (Å²) in [7, 11) is 0. The van der Waals surface area contributed by atoms with E-state index in [2.05, 4.69) is 33.9 Å². The SMILES string of the molecule is CC(O)C(NC(=O)C1CCCN1)C(=O)NC(CC(N)=O)C(=O)NC(CS)C(=O)O. The van der Waals surface area contributed by atoms with Crippen LogP contribution in [-0.4, -0.2) is 82.4 Å². The third kappa shape index (κ3) is 7.87. The fourth-order valence-electron chi connectivity index (χ4n) is 2.70. The molecule has 0 bridgehead atoms. The van der Waals surface area contributed by atoms with Gasteiger partial charge in [-0.1, -0.05) is 0 Å². The largest absolute Gasteiger partial charge is 0.480 e. The summed E-state index contributed by atoms with van der Waals surface area (Å²) in [5.41, 5.74) is 5.10. The zero-order chi connectivity index (χ0) is 22.1. The Morgan fingerprint density at radius 3 is 2.21 bits per heavy atom. The van der Waals surface area contributed by atoms with Gasteiger partial charge in [0, 0.05) is 5.75 Å². The Labute approximate surface area is 172 Å². The number of nitrogens with two attached hydrogens (primary N) is 1. The van der Waals surface area contributed by atoms with Crippen molar-refractivity contribution in [3.8, 4) is 0 Å². The average molecular weight is 433 g/mol. The van der Waals surface area contributed by atoms with Gasteiger partial charge in [0.2, 0.25) is 23.6 Å². The monoisotopic (exact) mass is 433 g/mol. The number of aliphatic carboxylic acids is 1. The number of nitrogens with one attached hydrogen (secondary N) is 4. The minimum absolute atomic E-state index is 0.223. The summed E-state index contributed by atoms with van der Waals surface area (Å²) < 4.78 is 0. The quantitative estimate of drug-likeness (QED) is 0.153. The van der Waals surface area contributed by atoms with Crippen molar-refractivity contribution in [3.05, 3.63) is 0 Å². The number of carbonyl (C=O) groups excluding carboxylic acids is 4. The van der Waals surface area contributed by atoms with E-state index in [1.807, 2.05) is 0 Å². The first-order chi connectivity index (χ1) is 13.6. The molecule has 0 spiro atoms. The molecular formula is C16H27N5O7S. The lowest BCUT2D eigenvalue weighted by Gasteiger charge is -2.25. The van der Waals surface area contributed by atoms with E-state index in [9.17, 15) is 29.1 Å². The molecule has 0 saturated carbocycles. The number of aliphatic hydroxyl groups is 1. The van der Waals surface area contributed by atoms with Crippen LogP contribution in [0.5, 0.6) is 0 Å². The Balaban J connectivity index is 2.86. The first kappa shape index (κ1) is 24.7. The summed E-state index contributed by atoms with van der Waals surface area (Å²) in [4.78, 5) is 59.4. The molecule has 8 N–H and O–H groups in total. The van der Waals surface area contributed by atoms with Gasteiger partial charge in [0.1, 0.15) is 18.1 Å². The van der Waals surface area contributed by atoms with Gasteiger partial charge in [-0.2, -0.15) is 12.6 Å². The summed E-state index contributed by atoms with van der Waals surface area (Å²) in [6, 6.07) is -4.74. The second-order valence-electron chi connectivity index (χ2n) is 6.69. The summed E-state index contributed by atoms with van der Waals surface area (Å²) >= 11 is 3.82. The molecule has 0 aromatic rings. The highest BCUT2D eigenvalue weighted by molar-refractivity contribution is 7.80. The fraction of sp³-hybridized carbons (Fsp3) is 0.688. The minimum Gasteiger partial charge on any atom is -0.480 e. The van der Waals surface area contributed by atoms with E-state index in [1.165, 1.54) is 6.92 Å². The first-order valence-electron chi connectivity index (χ1n) is 9.01. The number of carbonyl (C=O) groups is 5. The van der Waals surface area contributed by atoms with E-state index < -0.39 is 66.3 Å². The maximum atomic E-state index is 12.6. The van der Waals surface area contributed by atoms with Gasteiger partial charge in [-0.15, -0.1) is 0 Å². The van der Waals surface area contributed by atoms with Crippen LogP contribution in [0.2, 0.25) is 0 Å². The third-order valence-corrected chi connectivity index (χ3v) is 4.64. The van der Waals surface area contributed by atoms with Crippen LogP contribution in [0.4, 0.5) is 0 Å². The topological polar surface area (TPSA) is 200 Å². The molecule has 0 aromatic carbocycles. The number of carboxylic acids is 1. The number of thiol groups is 1. The number of rotatable bonds is 11. The Bertz CT molecular complexity index is 639. The molecule has 1 aliphatic rings. The van der Waals surface area contributed by atoms with Crippen molar-refractivity contribution in [1.29, 1.82) is 0 Å². The van der Waals surface area contributed by atoms with Crippen molar-refractivity contribution in [2.24, 2.45) is 5.73 Å². The Morgan fingerprint density at radius 1 is 1.14 bits per heavy atom. The molecule has 5 unspecified atom stereocenters. The zero-order valence-corrected chi connectivity index (χ0v) is 16.8. The molecule has 5 atom stereocenters. The molecular weight excluding hydrogens is 406 g/mol. The van der Waals surface area contributed by atoms with E-state index >= 15 is 0 Å². The molecule has 1 heterocycles. The lowest BCUT2D eigenvalue weighted by Crippen LogP contribution is -2.60. The highest BCUT2D eigenvalue weighted by Crippen LogP contribution is 2.06. The van der Waals surface area contributed by atoms with Crippen LogP contribution >= 0.6 is 12.6 Å². The van der Waals surface area contributed by atoms with Crippen LogP contribution in [0.15, 0.2) is 0 Å². The van der Waals surface area contributed by atoms with Gasteiger partial charge < -0.3 is 37.2 Å². The number of aliphatic hydroxyl groups excluding tert-OH is 1. The summed E-state index contributed by atoms with van der Waals surface area (Å²) in [5.74, 6) is -4.87. The molecule has 164 valence electrons.